The Morgan fingerprint density at radius 2 is 1.81 bits per heavy atom. The van der Waals surface area contributed by atoms with Crippen LogP contribution < -0.4 is 10.1 Å². The second-order valence-electron chi connectivity index (χ2n) is 5.90. The summed E-state index contributed by atoms with van der Waals surface area (Å²) < 4.78 is 5.52. The van der Waals surface area contributed by atoms with Crippen molar-refractivity contribution in [1.29, 1.82) is 0 Å². The molecule has 0 aliphatic carbocycles. The molecule has 0 aliphatic heterocycles. The van der Waals surface area contributed by atoms with Gasteiger partial charge in [-0.05, 0) is 24.0 Å². The number of aromatic amines is 1. The Morgan fingerprint density at radius 1 is 1.04 bits per heavy atom. The van der Waals surface area contributed by atoms with Gasteiger partial charge in [-0.25, -0.2) is 9.97 Å². The number of hydrogen-bond acceptors (Lipinski definition) is 6. The van der Waals surface area contributed by atoms with Crippen LogP contribution in [0.4, 0.5) is 5.82 Å². The SMILES string of the molecule is COc1ccccc1-c1[nH]nc2nc(SC)nc(NCc3ccccc3)c12. The normalized spacial score (nSPS) is 10.9. The van der Waals surface area contributed by atoms with Crippen LogP contribution in [0.15, 0.2) is 59.8 Å². The van der Waals surface area contributed by atoms with Gasteiger partial charge in [-0.15, -0.1) is 0 Å². The molecule has 2 aromatic carbocycles. The number of anilines is 1. The van der Waals surface area contributed by atoms with Gasteiger partial charge in [0.05, 0.1) is 18.2 Å². The van der Waals surface area contributed by atoms with Crippen molar-refractivity contribution in [2.24, 2.45) is 0 Å². The largest absolute Gasteiger partial charge is 0.496 e. The van der Waals surface area contributed by atoms with Gasteiger partial charge in [0.15, 0.2) is 10.8 Å². The molecule has 0 atom stereocenters. The van der Waals surface area contributed by atoms with Gasteiger partial charge in [0.1, 0.15) is 11.6 Å². The molecule has 0 spiro atoms. The molecule has 0 unspecified atom stereocenters. The first-order valence-corrected chi connectivity index (χ1v) is 9.74. The summed E-state index contributed by atoms with van der Waals surface area (Å²) in [5, 5.41) is 12.5. The van der Waals surface area contributed by atoms with Crippen LogP contribution in [0.1, 0.15) is 5.56 Å². The summed E-state index contributed by atoms with van der Waals surface area (Å²) in [6.07, 6.45) is 1.95. The maximum absolute atomic E-state index is 5.52. The molecule has 0 fully saturated rings. The van der Waals surface area contributed by atoms with Gasteiger partial charge in [-0.1, -0.05) is 54.2 Å². The molecular weight excluding hydrogens is 358 g/mol. The summed E-state index contributed by atoms with van der Waals surface area (Å²) in [5.41, 5.74) is 3.57. The Labute approximate surface area is 161 Å². The average Bonchev–Trinajstić information content (AvgIpc) is 3.16. The van der Waals surface area contributed by atoms with Gasteiger partial charge >= 0.3 is 0 Å². The second kappa shape index (κ2) is 7.67. The number of methoxy groups -OCH3 is 1. The first-order chi connectivity index (χ1) is 13.3. The summed E-state index contributed by atoms with van der Waals surface area (Å²) in [6.45, 7) is 0.664. The number of aromatic nitrogens is 4. The van der Waals surface area contributed by atoms with Crippen molar-refractivity contribution in [2.75, 3.05) is 18.7 Å². The standard InChI is InChI=1S/C20H19N5OS/c1-26-15-11-7-6-10-14(15)17-16-18(21-12-13-8-4-3-5-9-13)22-20(27-2)23-19(16)25-24-17/h3-11H,12H2,1-2H3,(H2,21,22,23,24,25). The molecule has 0 radical (unpaired) electrons. The molecule has 0 saturated heterocycles. The van der Waals surface area contributed by atoms with E-state index in [1.54, 1.807) is 7.11 Å². The zero-order valence-corrected chi connectivity index (χ0v) is 15.9. The molecule has 6 nitrogen and oxygen atoms in total. The van der Waals surface area contributed by atoms with Crippen LogP contribution in [-0.2, 0) is 6.54 Å². The number of H-pyrrole nitrogens is 1. The minimum Gasteiger partial charge on any atom is -0.496 e. The first-order valence-electron chi connectivity index (χ1n) is 8.51. The number of para-hydroxylation sites is 1. The highest BCUT2D eigenvalue weighted by molar-refractivity contribution is 7.98. The third-order valence-corrected chi connectivity index (χ3v) is 4.80. The Hall–Kier alpha value is -3.06. The molecular formula is C20H19N5OS. The second-order valence-corrected chi connectivity index (χ2v) is 6.67. The summed E-state index contributed by atoms with van der Waals surface area (Å²) in [6, 6.07) is 18.1. The smallest absolute Gasteiger partial charge is 0.191 e. The van der Waals surface area contributed by atoms with E-state index < -0.39 is 0 Å². The van der Waals surface area contributed by atoms with Gasteiger partial charge in [0, 0.05) is 12.1 Å². The summed E-state index contributed by atoms with van der Waals surface area (Å²) in [7, 11) is 1.66. The van der Waals surface area contributed by atoms with Crippen LogP contribution in [-0.4, -0.2) is 33.5 Å². The lowest BCUT2D eigenvalue weighted by Gasteiger charge is -2.11. The number of rotatable bonds is 6. The van der Waals surface area contributed by atoms with E-state index >= 15 is 0 Å². The van der Waals surface area contributed by atoms with Crippen molar-refractivity contribution in [3.05, 3.63) is 60.2 Å². The number of fused-ring (bicyclic) bond motifs is 1. The fourth-order valence-corrected chi connectivity index (χ4v) is 3.31. The van der Waals surface area contributed by atoms with Gasteiger partial charge in [0.25, 0.3) is 0 Å². The Bertz CT molecular complexity index is 1060. The van der Waals surface area contributed by atoms with Crippen LogP contribution in [0.2, 0.25) is 0 Å². The van der Waals surface area contributed by atoms with E-state index in [1.165, 1.54) is 17.3 Å². The number of nitrogens with one attached hydrogen (secondary N) is 2. The fourth-order valence-electron chi connectivity index (χ4n) is 2.95. The predicted octanol–water partition coefficient (Wildman–Crippen LogP) is 4.36. The summed E-state index contributed by atoms with van der Waals surface area (Å²) in [5.74, 6) is 1.52. The van der Waals surface area contributed by atoms with Crippen molar-refractivity contribution in [3.8, 4) is 17.0 Å². The maximum Gasteiger partial charge on any atom is 0.191 e. The third-order valence-electron chi connectivity index (χ3n) is 4.25. The lowest BCUT2D eigenvalue weighted by Crippen LogP contribution is -2.04. The van der Waals surface area contributed by atoms with Crippen molar-refractivity contribution in [2.45, 2.75) is 11.7 Å². The molecule has 136 valence electrons. The molecule has 0 bridgehead atoms. The van der Waals surface area contributed by atoms with Crippen molar-refractivity contribution >= 4 is 28.6 Å². The molecule has 2 heterocycles. The monoisotopic (exact) mass is 377 g/mol. The molecule has 7 heteroatoms. The highest BCUT2D eigenvalue weighted by Crippen LogP contribution is 2.36. The van der Waals surface area contributed by atoms with E-state index in [9.17, 15) is 0 Å². The minimum atomic E-state index is 0.630. The Balaban J connectivity index is 1.82. The topological polar surface area (TPSA) is 75.7 Å². The minimum absolute atomic E-state index is 0.630. The van der Waals surface area contributed by atoms with Crippen molar-refractivity contribution in [1.82, 2.24) is 20.2 Å². The lowest BCUT2D eigenvalue weighted by atomic mass is 10.1. The lowest BCUT2D eigenvalue weighted by molar-refractivity contribution is 0.416. The van der Waals surface area contributed by atoms with Gasteiger partial charge < -0.3 is 10.1 Å². The van der Waals surface area contributed by atoms with Crippen LogP contribution in [0.3, 0.4) is 0 Å². The fraction of sp³-hybridized carbons (Fsp3) is 0.150. The number of hydrogen-bond donors (Lipinski definition) is 2. The number of ether oxygens (including phenoxy) is 1. The van der Waals surface area contributed by atoms with E-state index in [2.05, 4.69) is 37.6 Å². The summed E-state index contributed by atoms with van der Waals surface area (Å²) >= 11 is 1.49. The van der Waals surface area contributed by atoms with Crippen LogP contribution in [0, 0.1) is 0 Å². The summed E-state index contributed by atoms with van der Waals surface area (Å²) in [4.78, 5) is 9.23. The molecule has 4 rings (SSSR count). The molecule has 4 aromatic rings. The van der Waals surface area contributed by atoms with E-state index in [4.69, 9.17) is 4.74 Å². The quantitative estimate of drug-likeness (QED) is 0.384. The molecule has 27 heavy (non-hydrogen) atoms. The van der Waals surface area contributed by atoms with E-state index in [1.807, 2.05) is 48.7 Å². The molecule has 2 aromatic heterocycles. The molecule has 2 N–H and O–H groups in total. The van der Waals surface area contributed by atoms with E-state index in [-0.39, 0.29) is 0 Å². The van der Waals surface area contributed by atoms with Crippen LogP contribution in [0.5, 0.6) is 5.75 Å². The van der Waals surface area contributed by atoms with Gasteiger partial charge in [-0.3, -0.25) is 5.10 Å². The third kappa shape index (κ3) is 3.46. The highest BCUT2D eigenvalue weighted by atomic mass is 32.2. The van der Waals surface area contributed by atoms with Crippen LogP contribution in [0.25, 0.3) is 22.3 Å². The Morgan fingerprint density at radius 3 is 2.59 bits per heavy atom. The van der Waals surface area contributed by atoms with E-state index in [0.717, 1.165) is 28.2 Å². The predicted molar refractivity (Wildman–Crippen MR) is 109 cm³/mol. The maximum atomic E-state index is 5.52. The molecule has 0 saturated carbocycles. The molecule has 0 amide bonds. The van der Waals surface area contributed by atoms with E-state index in [0.29, 0.717) is 17.3 Å². The van der Waals surface area contributed by atoms with Gasteiger partial charge in [-0.2, -0.15) is 5.10 Å². The van der Waals surface area contributed by atoms with Crippen LogP contribution >= 0.6 is 11.8 Å². The zero-order valence-electron chi connectivity index (χ0n) is 15.1. The average molecular weight is 377 g/mol. The number of benzene rings is 2. The highest BCUT2D eigenvalue weighted by Gasteiger charge is 2.18. The zero-order chi connectivity index (χ0) is 18.6. The van der Waals surface area contributed by atoms with Crippen molar-refractivity contribution in [3.63, 3.8) is 0 Å². The first kappa shape index (κ1) is 17.4. The Kier molecular flexibility index (Phi) is 4.93. The molecule has 0 aliphatic rings. The number of nitrogens with zero attached hydrogens (tertiary/aromatic N) is 3. The number of thioether (sulfide) groups is 1. The van der Waals surface area contributed by atoms with Gasteiger partial charge in [0.2, 0.25) is 0 Å². The van der Waals surface area contributed by atoms with Crippen molar-refractivity contribution < 1.29 is 4.74 Å².